The first-order chi connectivity index (χ1) is 7.67. The molecule has 5 heteroatoms. The first-order valence-electron chi connectivity index (χ1n) is 5.03. The van der Waals surface area contributed by atoms with E-state index >= 15 is 0 Å². The van der Waals surface area contributed by atoms with E-state index in [1.165, 1.54) is 12.3 Å². The summed E-state index contributed by atoms with van der Waals surface area (Å²) in [6.45, 7) is 1.92. The maximum absolute atomic E-state index is 10.9. The SMILES string of the molecule is CCCC(Nc1ccnc(C#N)c1)C(=O)O. The Balaban J connectivity index is 2.77. The zero-order valence-corrected chi connectivity index (χ0v) is 8.97. The van der Waals surface area contributed by atoms with Gasteiger partial charge >= 0.3 is 5.97 Å². The van der Waals surface area contributed by atoms with Crippen LogP contribution >= 0.6 is 0 Å². The van der Waals surface area contributed by atoms with Gasteiger partial charge in [0.05, 0.1) is 0 Å². The van der Waals surface area contributed by atoms with E-state index in [1.807, 2.05) is 13.0 Å². The van der Waals surface area contributed by atoms with Crippen molar-refractivity contribution in [3.63, 3.8) is 0 Å². The molecule has 1 aromatic rings. The summed E-state index contributed by atoms with van der Waals surface area (Å²) in [7, 11) is 0. The molecule has 0 fully saturated rings. The van der Waals surface area contributed by atoms with E-state index in [4.69, 9.17) is 10.4 Å². The maximum Gasteiger partial charge on any atom is 0.326 e. The van der Waals surface area contributed by atoms with Crippen LogP contribution in [0.4, 0.5) is 5.69 Å². The minimum atomic E-state index is -0.892. The molecule has 0 aliphatic carbocycles. The molecule has 0 aliphatic heterocycles. The van der Waals surface area contributed by atoms with Crippen molar-refractivity contribution in [2.45, 2.75) is 25.8 Å². The van der Waals surface area contributed by atoms with Crippen LogP contribution in [0.2, 0.25) is 0 Å². The van der Waals surface area contributed by atoms with Gasteiger partial charge in [0, 0.05) is 11.9 Å². The van der Waals surface area contributed by atoms with Gasteiger partial charge in [-0.05, 0) is 18.6 Å². The van der Waals surface area contributed by atoms with E-state index in [0.29, 0.717) is 12.1 Å². The Morgan fingerprint density at radius 1 is 1.75 bits per heavy atom. The number of hydrogen-bond acceptors (Lipinski definition) is 4. The number of nitrogens with one attached hydrogen (secondary N) is 1. The molecule has 1 rings (SSSR count). The number of aliphatic carboxylic acids is 1. The summed E-state index contributed by atoms with van der Waals surface area (Å²) >= 11 is 0. The summed E-state index contributed by atoms with van der Waals surface area (Å²) in [5, 5.41) is 20.5. The zero-order valence-electron chi connectivity index (χ0n) is 8.97. The molecule has 0 aromatic carbocycles. The van der Waals surface area contributed by atoms with Crippen LogP contribution in [-0.4, -0.2) is 22.1 Å². The molecule has 16 heavy (non-hydrogen) atoms. The van der Waals surface area contributed by atoms with E-state index in [9.17, 15) is 4.79 Å². The van der Waals surface area contributed by atoms with Crippen molar-refractivity contribution >= 4 is 11.7 Å². The maximum atomic E-state index is 10.9. The number of nitrogens with zero attached hydrogens (tertiary/aromatic N) is 2. The van der Waals surface area contributed by atoms with Gasteiger partial charge in [-0.1, -0.05) is 13.3 Å². The first kappa shape index (κ1) is 12.0. The van der Waals surface area contributed by atoms with E-state index in [0.717, 1.165) is 6.42 Å². The molecule has 1 aromatic heterocycles. The van der Waals surface area contributed by atoms with Crippen molar-refractivity contribution in [1.82, 2.24) is 4.98 Å². The number of carbonyl (C=O) groups is 1. The second-order valence-corrected chi connectivity index (χ2v) is 3.37. The van der Waals surface area contributed by atoms with Gasteiger partial charge in [0.25, 0.3) is 0 Å². The van der Waals surface area contributed by atoms with Gasteiger partial charge in [-0.25, -0.2) is 9.78 Å². The lowest BCUT2D eigenvalue weighted by Gasteiger charge is -2.14. The molecule has 1 unspecified atom stereocenters. The molecular formula is C11H13N3O2. The second-order valence-electron chi connectivity index (χ2n) is 3.37. The number of rotatable bonds is 5. The van der Waals surface area contributed by atoms with Crippen molar-refractivity contribution in [1.29, 1.82) is 5.26 Å². The van der Waals surface area contributed by atoms with Gasteiger partial charge < -0.3 is 10.4 Å². The van der Waals surface area contributed by atoms with E-state index < -0.39 is 12.0 Å². The highest BCUT2D eigenvalue weighted by atomic mass is 16.4. The third-order valence-corrected chi connectivity index (χ3v) is 2.09. The zero-order chi connectivity index (χ0) is 12.0. The Morgan fingerprint density at radius 3 is 3.06 bits per heavy atom. The molecule has 5 nitrogen and oxygen atoms in total. The second kappa shape index (κ2) is 5.71. The number of pyridine rings is 1. The highest BCUT2D eigenvalue weighted by molar-refractivity contribution is 5.77. The highest BCUT2D eigenvalue weighted by Crippen LogP contribution is 2.11. The fourth-order valence-electron chi connectivity index (χ4n) is 1.33. The van der Waals surface area contributed by atoms with Crippen LogP contribution in [0.5, 0.6) is 0 Å². The molecular weight excluding hydrogens is 206 g/mol. The average Bonchev–Trinajstić information content (AvgIpc) is 2.28. The number of aromatic nitrogens is 1. The van der Waals surface area contributed by atoms with Gasteiger partial charge in [-0.3, -0.25) is 0 Å². The van der Waals surface area contributed by atoms with E-state index in [-0.39, 0.29) is 5.69 Å². The summed E-state index contributed by atoms with van der Waals surface area (Å²) in [6, 6.07) is 4.46. The molecule has 2 N–H and O–H groups in total. The van der Waals surface area contributed by atoms with Crippen LogP contribution in [0.1, 0.15) is 25.5 Å². The predicted molar refractivity (Wildman–Crippen MR) is 58.9 cm³/mol. The van der Waals surface area contributed by atoms with Crippen molar-refractivity contribution in [3.05, 3.63) is 24.0 Å². The Bertz CT molecular complexity index is 412. The average molecular weight is 219 g/mol. The largest absolute Gasteiger partial charge is 0.480 e. The molecule has 1 heterocycles. The Morgan fingerprint density at radius 2 is 2.50 bits per heavy atom. The standard InChI is InChI=1S/C11H13N3O2/c1-2-3-10(11(15)16)14-8-4-5-13-9(6-8)7-12/h4-6,10H,2-3H2,1H3,(H,13,14)(H,15,16). The lowest BCUT2D eigenvalue weighted by molar-refractivity contribution is -0.138. The highest BCUT2D eigenvalue weighted by Gasteiger charge is 2.15. The molecule has 0 saturated heterocycles. The third kappa shape index (κ3) is 3.24. The van der Waals surface area contributed by atoms with Crippen LogP contribution in [0, 0.1) is 11.3 Å². The van der Waals surface area contributed by atoms with Crippen LogP contribution < -0.4 is 5.32 Å². The lowest BCUT2D eigenvalue weighted by Crippen LogP contribution is -2.28. The lowest BCUT2D eigenvalue weighted by atomic mass is 10.1. The molecule has 0 bridgehead atoms. The fourth-order valence-corrected chi connectivity index (χ4v) is 1.33. The topological polar surface area (TPSA) is 86.0 Å². The van der Waals surface area contributed by atoms with Gasteiger partial charge in [0.15, 0.2) is 0 Å². The van der Waals surface area contributed by atoms with Crippen molar-refractivity contribution in [2.24, 2.45) is 0 Å². The van der Waals surface area contributed by atoms with Crippen LogP contribution in [0.15, 0.2) is 18.3 Å². The Kier molecular flexibility index (Phi) is 4.28. The van der Waals surface area contributed by atoms with Gasteiger partial charge in [0.2, 0.25) is 0 Å². The number of anilines is 1. The summed E-state index contributed by atoms with van der Waals surface area (Å²) < 4.78 is 0. The summed E-state index contributed by atoms with van der Waals surface area (Å²) in [5.74, 6) is -0.892. The van der Waals surface area contributed by atoms with E-state index in [1.54, 1.807) is 6.07 Å². The molecule has 0 saturated carbocycles. The molecule has 0 radical (unpaired) electrons. The van der Waals surface area contributed by atoms with Crippen LogP contribution in [-0.2, 0) is 4.79 Å². The van der Waals surface area contributed by atoms with Crippen molar-refractivity contribution < 1.29 is 9.90 Å². The minimum absolute atomic E-state index is 0.269. The van der Waals surface area contributed by atoms with Crippen LogP contribution in [0.3, 0.4) is 0 Å². The summed E-state index contributed by atoms with van der Waals surface area (Å²) in [6.07, 6.45) is 2.80. The third-order valence-electron chi connectivity index (χ3n) is 2.09. The van der Waals surface area contributed by atoms with Crippen molar-refractivity contribution in [2.75, 3.05) is 5.32 Å². The Hall–Kier alpha value is -2.09. The number of carboxylic acids is 1. The van der Waals surface area contributed by atoms with Crippen LogP contribution in [0.25, 0.3) is 0 Å². The number of hydrogen-bond donors (Lipinski definition) is 2. The smallest absolute Gasteiger partial charge is 0.326 e. The van der Waals surface area contributed by atoms with Gasteiger partial charge in [0.1, 0.15) is 17.8 Å². The fraction of sp³-hybridized carbons (Fsp3) is 0.364. The summed E-state index contributed by atoms with van der Waals surface area (Å²) in [4.78, 5) is 14.7. The van der Waals surface area contributed by atoms with Gasteiger partial charge in [-0.2, -0.15) is 5.26 Å². The Labute approximate surface area is 93.7 Å². The molecule has 84 valence electrons. The summed E-state index contributed by atoms with van der Waals surface area (Å²) in [5.41, 5.74) is 0.873. The number of nitriles is 1. The monoisotopic (exact) mass is 219 g/mol. The molecule has 0 aliphatic rings. The van der Waals surface area contributed by atoms with E-state index in [2.05, 4.69) is 10.3 Å². The van der Waals surface area contributed by atoms with Gasteiger partial charge in [-0.15, -0.1) is 0 Å². The molecule has 0 amide bonds. The normalized spacial score (nSPS) is 11.5. The first-order valence-corrected chi connectivity index (χ1v) is 5.03. The quantitative estimate of drug-likeness (QED) is 0.785. The molecule has 1 atom stereocenters. The molecule has 0 spiro atoms. The number of carboxylic acid groups (broad SMARTS) is 1. The predicted octanol–water partition coefficient (Wildman–Crippen LogP) is 1.62. The minimum Gasteiger partial charge on any atom is -0.480 e. The van der Waals surface area contributed by atoms with Crippen molar-refractivity contribution in [3.8, 4) is 6.07 Å².